The molecule has 0 saturated carbocycles. The Labute approximate surface area is 205 Å². The van der Waals surface area contributed by atoms with Gasteiger partial charge in [0.05, 0.1) is 12.0 Å². The van der Waals surface area contributed by atoms with Gasteiger partial charge in [0.25, 0.3) is 15.9 Å². The van der Waals surface area contributed by atoms with Gasteiger partial charge >= 0.3 is 5.97 Å². The molecule has 0 aliphatic carbocycles. The maximum Gasteiger partial charge on any atom is 0.305 e. The zero-order valence-electron chi connectivity index (χ0n) is 19.4. The minimum absolute atomic E-state index is 0.0276. The fraction of sp³-hybridized carbons (Fsp3) is 0.231. The van der Waals surface area contributed by atoms with E-state index >= 15 is 0 Å². The van der Waals surface area contributed by atoms with E-state index in [1.807, 2.05) is 30.3 Å². The van der Waals surface area contributed by atoms with Gasteiger partial charge in [-0.05, 0) is 60.9 Å². The summed E-state index contributed by atoms with van der Waals surface area (Å²) in [7, 11) is -2.57. The molecule has 184 valence electrons. The molecule has 0 fully saturated rings. The van der Waals surface area contributed by atoms with E-state index in [9.17, 15) is 18.0 Å². The molecule has 3 aromatic rings. The van der Waals surface area contributed by atoms with Gasteiger partial charge in [0, 0.05) is 24.2 Å². The van der Waals surface area contributed by atoms with Crippen molar-refractivity contribution in [3.8, 4) is 5.75 Å². The lowest BCUT2D eigenvalue weighted by atomic mass is 10.2. The Kier molecular flexibility index (Phi) is 9.25. The highest BCUT2D eigenvalue weighted by molar-refractivity contribution is 7.92. The molecule has 0 aromatic heterocycles. The quantitative estimate of drug-likeness (QED) is 0.288. The molecule has 3 aromatic carbocycles. The average molecular weight is 497 g/mol. The van der Waals surface area contributed by atoms with Crippen molar-refractivity contribution in [3.63, 3.8) is 0 Å². The van der Waals surface area contributed by atoms with Crippen molar-refractivity contribution in [2.24, 2.45) is 0 Å². The van der Waals surface area contributed by atoms with E-state index in [2.05, 4.69) is 14.8 Å². The van der Waals surface area contributed by atoms with Crippen LogP contribution in [0.1, 0.15) is 35.2 Å². The highest BCUT2D eigenvalue weighted by atomic mass is 32.2. The van der Waals surface area contributed by atoms with Gasteiger partial charge in [0.15, 0.2) is 0 Å². The lowest BCUT2D eigenvalue weighted by Gasteiger charge is -2.11. The molecule has 0 aliphatic rings. The lowest BCUT2D eigenvalue weighted by molar-refractivity contribution is -0.140. The first kappa shape index (κ1) is 25.8. The average Bonchev–Trinajstić information content (AvgIpc) is 2.88. The topological polar surface area (TPSA) is 111 Å². The largest absolute Gasteiger partial charge is 0.489 e. The third kappa shape index (κ3) is 8.15. The van der Waals surface area contributed by atoms with Gasteiger partial charge in [0.2, 0.25) is 0 Å². The summed E-state index contributed by atoms with van der Waals surface area (Å²) < 4.78 is 38.5. The van der Waals surface area contributed by atoms with Gasteiger partial charge in [-0.15, -0.1) is 0 Å². The van der Waals surface area contributed by atoms with Crippen molar-refractivity contribution in [1.29, 1.82) is 0 Å². The monoisotopic (exact) mass is 496 g/mol. The Morgan fingerprint density at radius 1 is 0.886 bits per heavy atom. The maximum absolute atomic E-state index is 12.8. The first-order valence-electron chi connectivity index (χ1n) is 11.1. The molecule has 1 amide bonds. The number of carbonyl (C=O) groups excluding carboxylic acids is 2. The normalized spacial score (nSPS) is 10.9. The van der Waals surface area contributed by atoms with Crippen molar-refractivity contribution >= 4 is 27.6 Å². The Morgan fingerprint density at radius 3 is 2.34 bits per heavy atom. The van der Waals surface area contributed by atoms with Gasteiger partial charge < -0.3 is 14.8 Å². The second-order valence-corrected chi connectivity index (χ2v) is 9.40. The minimum atomic E-state index is -3.90. The Bertz CT molecular complexity index is 1230. The van der Waals surface area contributed by atoms with Gasteiger partial charge in [-0.1, -0.05) is 36.4 Å². The Balaban J connectivity index is 1.55. The molecule has 3 rings (SSSR count). The fourth-order valence-electron chi connectivity index (χ4n) is 3.18. The number of sulfonamides is 1. The molecule has 0 radical (unpaired) electrons. The van der Waals surface area contributed by atoms with Crippen LogP contribution in [0, 0.1) is 0 Å². The summed E-state index contributed by atoms with van der Waals surface area (Å²) >= 11 is 0. The molecule has 0 aliphatic heterocycles. The van der Waals surface area contributed by atoms with Gasteiger partial charge in [-0.2, -0.15) is 0 Å². The molecule has 0 heterocycles. The van der Waals surface area contributed by atoms with Crippen molar-refractivity contribution in [2.45, 2.75) is 30.8 Å². The van der Waals surface area contributed by atoms with Crippen LogP contribution in [0.2, 0.25) is 0 Å². The van der Waals surface area contributed by atoms with Gasteiger partial charge in [-0.3, -0.25) is 14.3 Å². The molecular weight excluding hydrogens is 468 g/mol. The standard InChI is InChI=1S/C26H28N2O6S/c1-33-25(29)12-5-6-17-27-26(30)21-10-7-11-24(18-21)35(31,32)28-22-13-15-23(16-14-22)34-19-20-8-3-2-4-9-20/h2-4,7-11,13-16,18,28H,5-6,12,17,19H2,1H3,(H,27,30). The smallest absolute Gasteiger partial charge is 0.305 e. The fourth-order valence-corrected chi connectivity index (χ4v) is 4.28. The third-order valence-corrected chi connectivity index (χ3v) is 6.46. The summed E-state index contributed by atoms with van der Waals surface area (Å²) in [4.78, 5) is 23.5. The van der Waals surface area contributed by atoms with Crippen molar-refractivity contribution < 1.29 is 27.5 Å². The number of unbranched alkanes of at least 4 members (excludes halogenated alkanes) is 1. The summed E-state index contributed by atoms with van der Waals surface area (Å²) in [6, 6.07) is 22.1. The number of nitrogens with one attached hydrogen (secondary N) is 2. The zero-order valence-corrected chi connectivity index (χ0v) is 20.2. The van der Waals surface area contributed by atoms with Gasteiger partial charge in [0.1, 0.15) is 12.4 Å². The summed E-state index contributed by atoms with van der Waals surface area (Å²) in [6.45, 7) is 0.774. The summed E-state index contributed by atoms with van der Waals surface area (Å²) in [5.41, 5.74) is 1.63. The summed E-state index contributed by atoms with van der Waals surface area (Å²) in [5.74, 6) is -0.0711. The lowest BCUT2D eigenvalue weighted by Crippen LogP contribution is -2.25. The van der Waals surface area contributed by atoms with E-state index in [0.717, 1.165) is 5.56 Å². The van der Waals surface area contributed by atoms with Crippen molar-refractivity contribution in [3.05, 3.63) is 90.0 Å². The number of hydrogen-bond donors (Lipinski definition) is 2. The second-order valence-electron chi connectivity index (χ2n) is 7.72. The molecule has 8 nitrogen and oxygen atoms in total. The zero-order chi connectivity index (χ0) is 25.1. The van der Waals surface area contributed by atoms with E-state index in [1.54, 1.807) is 30.3 Å². The first-order valence-corrected chi connectivity index (χ1v) is 12.6. The molecule has 0 spiro atoms. The molecule has 2 N–H and O–H groups in total. The van der Waals surface area contributed by atoms with Crippen LogP contribution in [-0.2, 0) is 26.2 Å². The summed E-state index contributed by atoms with van der Waals surface area (Å²) in [6.07, 6.45) is 1.47. The number of benzene rings is 3. The van der Waals surface area contributed by atoms with Crippen LogP contribution in [0.5, 0.6) is 5.75 Å². The van der Waals surface area contributed by atoms with E-state index in [1.165, 1.54) is 25.3 Å². The predicted molar refractivity (Wildman–Crippen MR) is 133 cm³/mol. The number of anilines is 1. The number of ether oxygens (including phenoxy) is 2. The number of esters is 1. The van der Waals surface area contributed by atoms with Crippen LogP contribution in [-0.4, -0.2) is 33.9 Å². The van der Waals surface area contributed by atoms with E-state index in [4.69, 9.17) is 4.74 Å². The van der Waals surface area contributed by atoms with Crippen LogP contribution in [0.15, 0.2) is 83.8 Å². The SMILES string of the molecule is COC(=O)CCCCNC(=O)c1cccc(S(=O)(=O)Nc2ccc(OCc3ccccc3)cc2)c1. The highest BCUT2D eigenvalue weighted by Crippen LogP contribution is 2.21. The van der Waals surface area contributed by atoms with Crippen molar-refractivity contribution in [2.75, 3.05) is 18.4 Å². The second kappa shape index (κ2) is 12.6. The van der Waals surface area contributed by atoms with Crippen LogP contribution in [0.3, 0.4) is 0 Å². The van der Waals surface area contributed by atoms with Crippen LogP contribution in [0.25, 0.3) is 0 Å². The molecule has 0 atom stereocenters. The van der Waals surface area contributed by atoms with E-state index in [-0.39, 0.29) is 28.8 Å². The minimum Gasteiger partial charge on any atom is -0.489 e. The molecule has 0 unspecified atom stereocenters. The van der Waals surface area contributed by atoms with E-state index < -0.39 is 10.0 Å². The predicted octanol–water partition coefficient (Wildman–Crippen LogP) is 4.14. The molecule has 0 bridgehead atoms. The molecule has 0 saturated heterocycles. The molecular formula is C26H28N2O6S. The number of methoxy groups -OCH3 is 1. The van der Waals surface area contributed by atoms with E-state index in [0.29, 0.717) is 37.4 Å². The number of carbonyl (C=O) groups is 2. The Morgan fingerprint density at radius 2 is 1.63 bits per heavy atom. The van der Waals surface area contributed by atoms with Crippen molar-refractivity contribution in [1.82, 2.24) is 5.32 Å². The van der Waals surface area contributed by atoms with Gasteiger partial charge in [-0.25, -0.2) is 8.42 Å². The number of amides is 1. The van der Waals surface area contributed by atoms with Crippen LogP contribution >= 0.6 is 0 Å². The maximum atomic E-state index is 12.8. The molecule has 9 heteroatoms. The number of hydrogen-bond acceptors (Lipinski definition) is 6. The number of rotatable bonds is 12. The first-order chi connectivity index (χ1) is 16.9. The van der Waals surface area contributed by atoms with Crippen LogP contribution in [0.4, 0.5) is 5.69 Å². The van der Waals surface area contributed by atoms with Crippen LogP contribution < -0.4 is 14.8 Å². The third-order valence-electron chi connectivity index (χ3n) is 5.08. The summed E-state index contributed by atoms with van der Waals surface area (Å²) in [5, 5.41) is 2.73. The molecule has 35 heavy (non-hydrogen) atoms. The Hall–Kier alpha value is -3.85. The highest BCUT2D eigenvalue weighted by Gasteiger charge is 2.16.